The van der Waals surface area contributed by atoms with Crippen LogP contribution in [0.5, 0.6) is 12.0 Å². The van der Waals surface area contributed by atoms with Crippen molar-refractivity contribution in [3.8, 4) is 12.0 Å². The fraction of sp³-hybridized carbons (Fsp3) is 0.347. The van der Waals surface area contributed by atoms with Gasteiger partial charge in [-0.1, -0.05) is 7.43 Å². The number of thiophene rings is 4. The van der Waals surface area contributed by atoms with Crippen molar-refractivity contribution in [1.29, 1.82) is 0 Å². The maximum absolute atomic E-state index is 9.79. The maximum atomic E-state index is 9.79. The van der Waals surface area contributed by atoms with E-state index >= 15 is 0 Å². The van der Waals surface area contributed by atoms with Gasteiger partial charge in [0.05, 0.1) is 74.8 Å². The lowest BCUT2D eigenvalue weighted by molar-refractivity contribution is 0.216. The molecule has 0 aliphatic heterocycles. The Bertz CT molecular complexity index is 2530. The Hall–Kier alpha value is -5.44. The summed E-state index contributed by atoms with van der Waals surface area (Å²) in [7, 11) is 3.08. The van der Waals surface area contributed by atoms with Gasteiger partial charge in [0.25, 0.3) is 0 Å². The second kappa shape index (κ2) is 21.2. The van der Waals surface area contributed by atoms with Crippen molar-refractivity contribution >= 4 is 45.3 Å². The van der Waals surface area contributed by atoms with Crippen LogP contribution >= 0.6 is 45.3 Å². The van der Waals surface area contributed by atoms with Crippen LogP contribution in [-0.4, -0.2) is 74.5 Å². The number of methoxy groups -OCH3 is 2. The molecule has 0 radical (unpaired) electrons. The summed E-state index contributed by atoms with van der Waals surface area (Å²) in [6.45, 7) is 3.11. The molecule has 2 saturated carbocycles. The molecule has 2 fully saturated rings. The van der Waals surface area contributed by atoms with Crippen molar-refractivity contribution < 1.29 is 29.9 Å². The summed E-state index contributed by atoms with van der Waals surface area (Å²) in [6, 6.07) is 16.8. The van der Waals surface area contributed by atoms with Crippen LogP contribution in [-0.2, 0) is 26.4 Å². The number of aliphatic hydroxyl groups excluding tert-OH is 4. The van der Waals surface area contributed by atoms with E-state index < -0.39 is 0 Å². The highest BCUT2D eigenvalue weighted by atomic mass is 32.1. The van der Waals surface area contributed by atoms with Crippen molar-refractivity contribution in [1.82, 2.24) is 39.9 Å². The van der Waals surface area contributed by atoms with Gasteiger partial charge in [0, 0.05) is 58.7 Å². The third kappa shape index (κ3) is 9.67. The van der Waals surface area contributed by atoms with Crippen LogP contribution in [0.1, 0.15) is 134 Å². The summed E-state index contributed by atoms with van der Waals surface area (Å²) in [5.41, 5.74) is 10.8. The number of nitrogens with zero attached hydrogens (tertiary/aromatic N) is 8. The average Bonchev–Trinajstić information content (AvgIpc) is 4.19. The SMILES string of the molecule is C.COc1nc(CO)cc(C2[C@H](c3ccsc3)C(c3cc(CO)nc(C)n3)[C@H]2c2ccsc2)n1.COc1nc(CO)cc(C2[C@H](c3ccsc3)C(c3cc(CO)nc(C)n3)[C@H]2c2ccsc2)n1. The second-order valence-electron chi connectivity index (χ2n) is 16.3. The summed E-state index contributed by atoms with van der Waals surface area (Å²) in [5, 5.41) is 56.2. The van der Waals surface area contributed by atoms with Gasteiger partial charge < -0.3 is 29.9 Å². The average molecular weight is 977 g/mol. The van der Waals surface area contributed by atoms with Crippen molar-refractivity contribution in [2.24, 2.45) is 0 Å². The number of rotatable bonds is 14. The van der Waals surface area contributed by atoms with Crippen LogP contribution in [0.3, 0.4) is 0 Å². The molecule has 0 amide bonds. The van der Waals surface area contributed by atoms with E-state index in [1.807, 2.05) is 38.1 Å². The predicted molar refractivity (Wildman–Crippen MR) is 260 cm³/mol. The molecule has 2 aliphatic carbocycles. The van der Waals surface area contributed by atoms with E-state index in [4.69, 9.17) is 29.4 Å². The van der Waals surface area contributed by atoms with E-state index in [1.54, 1.807) is 45.3 Å². The molecule has 4 N–H and O–H groups in total. The Morgan fingerprint density at radius 2 is 0.672 bits per heavy atom. The third-order valence-corrected chi connectivity index (χ3v) is 15.4. The molecule has 10 rings (SSSR count). The van der Waals surface area contributed by atoms with Gasteiger partial charge in [-0.2, -0.15) is 65.3 Å². The topological polar surface area (TPSA) is 202 Å². The summed E-state index contributed by atoms with van der Waals surface area (Å²) in [5.74, 6) is 2.05. The number of aryl methyl sites for hydroxylation is 2. The van der Waals surface area contributed by atoms with Crippen molar-refractivity contribution in [3.63, 3.8) is 0 Å². The van der Waals surface area contributed by atoms with E-state index in [-0.39, 0.29) is 93.2 Å². The lowest BCUT2D eigenvalue weighted by Gasteiger charge is -2.52. The first kappa shape index (κ1) is 48.0. The van der Waals surface area contributed by atoms with Gasteiger partial charge in [-0.05, 0) is 128 Å². The van der Waals surface area contributed by atoms with E-state index in [0.29, 0.717) is 34.4 Å². The van der Waals surface area contributed by atoms with Gasteiger partial charge in [-0.25, -0.2) is 19.9 Å². The summed E-state index contributed by atoms with van der Waals surface area (Å²) in [6.07, 6.45) is 0. The first-order valence-electron chi connectivity index (χ1n) is 21.3. The highest BCUT2D eigenvalue weighted by Crippen LogP contribution is 2.67. The molecule has 8 aromatic heterocycles. The van der Waals surface area contributed by atoms with E-state index in [2.05, 4.69) is 87.2 Å². The molecule has 0 aromatic carbocycles. The summed E-state index contributed by atoms with van der Waals surface area (Å²) < 4.78 is 10.7. The maximum Gasteiger partial charge on any atom is 0.316 e. The van der Waals surface area contributed by atoms with Gasteiger partial charge in [0.1, 0.15) is 11.6 Å². The first-order chi connectivity index (χ1) is 32.2. The monoisotopic (exact) mass is 976 g/mol. The second-order valence-corrected chi connectivity index (χ2v) is 19.4. The Morgan fingerprint density at radius 3 is 0.910 bits per heavy atom. The number of hydrogen-bond acceptors (Lipinski definition) is 18. The highest BCUT2D eigenvalue weighted by Gasteiger charge is 2.56. The Labute approximate surface area is 405 Å². The molecule has 4 atom stereocenters. The van der Waals surface area contributed by atoms with Crippen molar-refractivity contribution in [2.75, 3.05) is 14.2 Å². The molecule has 18 heteroatoms. The Morgan fingerprint density at radius 1 is 0.403 bits per heavy atom. The number of ether oxygens (including phenoxy) is 2. The van der Waals surface area contributed by atoms with Crippen LogP contribution in [0.15, 0.2) is 91.6 Å². The van der Waals surface area contributed by atoms with Crippen LogP contribution in [0.2, 0.25) is 0 Å². The molecular formula is C49H52N8O6S4. The van der Waals surface area contributed by atoms with E-state index in [0.717, 1.165) is 22.8 Å². The van der Waals surface area contributed by atoms with E-state index in [1.165, 1.54) is 36.5 Å². The van der Waals surface area contributed by atoms with Crippen LogP contribution in [0, 0.1) is 13.8 Å². The quantitative estimate of drug-likeness (QED) is 0.0804. The van der Waals surface area contributed by atoms with Gasteiger partial charge in [-0.15, -0.1) is 0 Å². The minimum absolute atomic E-state index is 0. The minimum atomic E-state index is -0.181. The highest BCUT2D eigenvalue weighted by molar-refractivity contribution is 7.08. The lowest BCUT2D eigenvalue weighted by Crippen LogP contribution is -2.41. The van der Waals surface area contributed by atoms with Gasteiger partial charge in [-0.3, -0.25) is 0 Å². The number of hydrogen-bond donors (Lipinski definition) is 4. The normalized spacial score (nSPS) is 21.9. The minimum Gasteiger partial charge on any atom is -0.467 e. The van der Waals surface area contributed by atoms with Gasteiger partial charge in [0.2, 0.25) is 0 Å². The summed E-state index contributed by atoms with van der Waals surface area (Å²) >= 11 is 6.67. The fourth-order valence-corrected chi connectivity index (χ4v) is 12.8. The zero-order valence-corrected chi connectivity index (χ0v) is 39.8. The smallest absolute Gasteiger partial charge is 0.316 e. The molecule has 14 nitrogen and oxygen atoms in total. The molecule has 348 valence electrons. The molecular weight excluding hydrogens is 925 g/mol. The summed E-state index contributed by atoms with van der Waals surface area (Å²) in [4.78, 5) is 36.3. The Kier molecular flexibility index (Phi) is 15.2. The van der Waals surface area contributed by atoms with E-state index in [9.17, 15) is 20.4 Å². The molecule has 67 heavy (non-hydrogen) atoms. The van der Waals surface area contributed by atoms with Crippen molar-refractivity contribution in [2.45, 2.75) is 95.0 Å². The largest absolute Gasteiger partial charge is 0.467 e. The fourth-order valence-electron chi connectivity index (χ4n) is 9.97. The molecule has 0 bridgehead atoms. The van der Waals surface area contributed by atoms with Gasteiger partial charge >= 0.3 is 12.0 Å². The standard InChI is InChI=1S/2C24H24N4O3S2.CH4/c2*1-13-25-16(9-29)7-18(26-13)22-20(14-3-5-32-11-14)23(21(22)15-4-6-33-12-15)19-8-17(10-30)27-24(28-19)31-2;/h2*3-8,11-12,20-23,29-30H,9-10H2,1-2H3;1H4/t2*20-,21-,22?,23?;/m11./s1. The molecule has 8 heterocycles. The zero-order chi connectivity index (χ0) is 45.9. The first-order valence-corrected chi connectivity index (χ1v) is 25.1. The third-order valence-electron chi connectivity index (χ3n) is 12.6. The van der Waals surface area contributed by atoms with Gasteiger partial charge in [0.15, 0.2) is 0 Å². The molecule has 0 unspecified atom stereocenters. The van der Waals surface area contributed by atoms with Crippen LogP contribution < -0.4 is 9.47 Å². The van der Waals surface area contributed by atoms with Crippen LogP contribution in [0.25, 0.3) is 0 Å². The van der Waals surface area contributed by atoms with Crippen molar-refractivity contribution in [3.05, 3.63) is 171 Å². The molecule has 8 aromatic rings. The molecule has 0 saturated heterocycles. The zero-order valence-electron chi connectivity index (χ0n) is 36.5. The van der Waals surface area contributed by atoms with Crippen LogP contribution in [0.4, 0.5) is 0 Å². The molecule has 2 aliphatic rings. The number of aliphatic hydroxyl groups is 4. The lowest BCUT2D eigenvalue weighted by atomic mass is 9.51. The molecule has 0 spiro atoms. The Balaban J connectivity index is 0.000000179. The predicted octanol–water partition coefficient (Wildman–Crippen LogP) is 8.92. The number of aromatic nitrogens is 8.